The fourth-order valence-corrected chi connectivity index (χ4v) is 5.51. The highest BCUT2D eigenvalue weighted by molar-refractivity contribution is 5.76. The lowest BCUT2D eigenvalue weighted by Crippen LogP contribution is -1.79. The Labute approximate surface area is 289 Å². The van der Waals surface area contributed by atoms with Crippen molar-refractivity contribution in [1.82, 2.24) is 15.0 Å². The Morgan fingerprint density at radius 1 is 0.265 bits per heavy atom. The highest BCUT2D eigenvalue weighted by atomic mass is 14.7. The molecule has 0 bridgehead atoms. The number of benzene rings is 5. The Morgan fingerprint density at radius 3 is 0.857 bits per heavy atom. The van der Waals surface area contributed by atoms with E-state index in [1.807, 2.05) is 128 Å². The second-order valence-electron chi connectivity index (χ2n) is 11.2. The normalized spacial score (nSPS) is 10.4. The minimum atomic E-state index is 1.03. The molecule has 0 atom stereocenters. The van der Waals surface area contributed by atoms with Crippen molar-refractivity contribution in [3.05, 3.63) is 224 Å². The predicted octanol–water partition coefficient (Wildman–Crippen LogP) is 11.5. The molecule has 236 valence electrons. The molecule has 0 aliphatic heterocycles. The van der Waals surface area contributed by atoms with Crippen molar-refractivity contribution < 1.29 is 0 Å². The Bertz CT molecular complexity index is 1770. The molecular formula is C46H37N3. The topological polar surface area (TPSA) is 38.7 Å². The van der Waals surface area contributed by atoms with E-state index in [1.165, 1.54) is 22.3 Å². The van der Waals surface area contributed by atoms with Gasteiger partial charge in [-0.3, -0.25) is 15.0 Å². The molecule has 0 saturated heterocycles. The molecule has 0 unspecified atom stereocenters. The summed E-state index contributed by atoms with van der Waals surface area (Å²) < 4.78 is 0. The zero-order valence-corrected chi connectivity index (χ0v) is 27.3. The Morgan fingerprint density at radius 2 is 0.551 bits per heavy atom. The van der Waals surface area contributed by atoms with Crippen LogP contribution in [0.25, 0.3) is 44.9 Å². The van der Waals surface area contributed by atoms with Crippen molar-refractivity contribution >= 4 is 0 Å². The lowest BCUT2D eigenvalue weighted by molar-refractivity contribution is 1.26. The first kappa shape index (κ1) is 32.5. The van der Waals surface area contributed by atoms with Crippen LogP contribution in [0.4, 0.5) is 0 Å². The summed E-state index contributed by atoms with van der Waals surface area (Å²) in [7, 11) is 0. The van der Waals surface area contributed by atoms with Gasteiger partial charge in [-0.2, -0.15) is 0 Å². The van der Waals surface area contributed by atoms with Gasteiger partial charge in [0, 0.05) is 35.3 Å². The molecule has 9 rings (SSSR count). The molecule has 3 nitrogen and oxygen atoms in total. The SMILES string of the molecule is c1ccc(-c2ccccn2)cc1.c1ccc(-c2ccccn2)cc1.c1ccc(-c2ccccn2)cc1.c1ccc2c(c1)Cc1ccccc1-2. The second kappa shape index (κ2) is 17.5. The average molecular weight is 632 g/mol. The summed E-state index contributed by atoms with van der Waals surface area (Å²) >= 11 is 0. The zero-order valence-electron chi connectivity index (χ0n) is 27.3. The van der Waals surface area contributed by atoms with Crippen molar-refractivity contribution in [2.24, 2.45) is 0 Å². The van der Waals surface area contributed by atoms with Gasteiger partial charge in [-0.1, -0.05) is 158 Å². The largest absolute Gasteiger partial charge is 0.256 e. The van der Waals surface area contributed by atoms with Gasteiger partial charge in [0.2, 0.25) is 0 Å². The number of aromatic nitrogens is 3. The van der Waals surface area contributed by atoms with E-state index in [1.54, 1.807) is 0 Å². The summed E-state index contributed by atoms with van der Waals surface area (Å²) in [5.41, 5.74) is 12.3. The molecular weight excluding hydrogens is 595 g/mol. The maximum Gasteiger partial charge on any atom is 0.0701 e. The maximum absolute atomic E-state index is 4.25. The van der Waals surface area contributed by atoms with Crippen LogP contribution in [0, 0.1) is 0 Å². The average Bonchev–Trinajstić information content (AvgIpc) is 3.60. The molecule has 0 radical (unpaired) electrons. The van der Waals surface area contributed by atoms with E-state index in [9.17, 15) is 0 Å². The molecule has 0 fully saturated rings. The van der Waals surface area contributed by atoms with E-state index in [2.05, 4.69) is 99.9 Å². The van der Waals surface area contributed by atoms with Gasteiger partial charge in [0.15, 0.2) is 0 Å². The predicted molar refractivity (Wildman–Crippen MR) is 204 cm³/mol. The Kier molecular flexibility index (Phi) is 11.6. The van der Waals surface area contributed by atoms with Gasteiger partial charge in [-0.25, -0.2) is 0 Å². The second-order valence-corrected chi connectivity index (χ2v) is 11.2. The van der Waals surface area contributed by atoms with Crippen molar-refractivity contribution in [1.29, 1.82) is 0 Å². The summed E-state index contributed by atoms with van der Waals surface area (Å²) in [6, 6.07) is 65.6. The minimum Gasteiger partial charge on any atom is -0.256 e. The summed E-state index contributed by atoms with van der Waals surface area (Å²) in [6.45, 7) is 0. The van der Waals surface area contributed by atoms with E-state index in [0.29, 0.717) is 0 Å². The van der Waals surface area contributed by atoms with Gasteiger partial charge < -0.3 is 0 Å². The van der Waals surface area contributed by atoms with Gasteiger partial charge in [0.1, 0.15) is 0 Å². The fraction of sp³-hybridized carbons (Fsp3) is 0.0217. The molecule has 3 heterocycles. The summed E-state index contributed by atoms with van der Waals surface area (Å²) in [5, 5.41) is 0. The quantitative estimate of drug-likeness (QED) is 0.195. The smallest absolute Gasteiger partial charge is 0.0701 e. The third kappa shape index (κ3) is 9.31. The van der Waals surface area contributed by atoms with Gasteiger partial charge in [0.05, 0.1) is 17.1 Å². The highest BCUT2D eigenvalue weighted by Gasteiger charge is 2.15. The minimum absolute atomic E-state index is 1.03. The number of rotatable bonds is 3. The molecule has 1 aliphatic rings. The van der Waals surface area contributed by atoms with Crippen molar-refractivity contribution in [2.45, 2.75) is 6.42 Å². The molecule has 8 aromatic rings. The van der Waals surface area contributed by atoms with Crippen LogP contribution in [0.15, 0.2) is 213 Å². The van der Waals surface area contributed by atoms with Crippen LogP contribution in [-0.4, -0.2) is 15.0 Å². The molecule has 0 spiro atoms. The van der Waals surface area contributed by atoms with Crippen LogP contribution >= 0.6 is 0 Å². The van der Waals surface area contributed by atoms with E-state index in [0.717, 1.165) is 40.2 Å². The fourth-order valence-electron chi connectivity index (χ4n) is 5.51. The highest BCUT2D eigenvalue weighted by Crippen LogP contribution is 2.35. The Hall–Kier alpha value is -6.45. The van der Waals surface area contributed by atoms with Crippen LogP contribution < -0.4 is 0 Å². The molecule has 3 aromatic heterocycles. The summed E-state index contributed by atoms with van der Waals surface area (Å²) in [5.74, 6) is 0. The first-order valence-corrected chi connectivity index (χ1v) is 16.4. The molecule has 49 heavy (non-hydrogen) atoms. The van der Waals surface area contributed by atoms with Gasteiger partial charge in [-0.15, -0.1) is 0 Å². The van der Waals surface area contributed by atoms with Crippen LogP contribution in [0.5, 0.6) is 0 Å². The molecule has 1 aliphatic carbocycles. The molecule has 3 heteroatoms. The number of fused-ring (bicyclic) bond motifs is 3. The lowest BCUT2D eigenvalue weighted by atomic mass is 10.1. The Balaban J connectivity index is 0.000000113. The van der Waals surface area contributed by atoms with Crippen LogP contribution in [-0.2, 0) is 6.42 Å². The third-order valence-corrected chi connectivity index (χ3v) is 7.91. The number of pyridine rings is 3. The first-order chi connectivity index (χ1) is 24.3. The standard InChI is InChI=1S/C13H10.3C11H9N/c1-3-7-12-10(5-1)9-11-6-2-4-8-13(11)12;3*1-2-6-10(7-3-1)11-8-4-5-9-12-11/h1-8H,9H2;3*1-9H. The number of nitrogens with zero attached hydrogens (tertiary/aromatic N) is 3. The van der Waals surface area contributed by atoms with Crippen LogP contribution in [0.3, 0.4) is 0 Å². The third-order valence-electron chi connectivity index (χ3n) is 7.91. The van der Waals surface area contributed by atoms with E-state index in [-0.39, 0.29) is 0 Å². The first-order valence-electron chi connectivity index (χ1n) is 16.4. The van der Waals surface area contributed by atoms with Gasteiger partial charge >= 0.3 is 0 Å². The molecule has 5 aromatic carbocycles. The van der Waals surface area contributed by atoms with Crippen LogP contribution in [0.2, 0.25) is 0 Å². The van der Waals surface area contributed by atoms with Crippen molar-refractivity contribution in [3.8, 4) is 44.9 Å². The maximum atomic E-state index is 4.25. The van der Waals surface area contributed by atoms with Crippen molar-refractivity contribution in [3.63, 3.8) is 0 Å². The summed E-state index contributed by atoms with van der Waals surface area (Å²) in [4.78, 5) is 12.7. The van der Waals surface area contributed by atoms with E-state index in [4.69, 9.17) is 0 Å². The molecule has 0 N–H and O–H groups in total. The number of hydrogen-bond donors (Lipinski definition) is 0. The van der Waals surface area contributed by atoms with Crippen molar-refractivity contribution in [2.75, 3.05) is 0 Å². The zero-order chi connectivity index (χ0) is 33.4. The number of hydrogen-bond acceptors (Lipinski definition) is 3. The molecule has 0 saturated carbocycles. The van der Waals surface area contributed by atoms with Crippen LogP contribution in [0.1, 0.15) is 11.1 Å². The monoisotopic (exact) mass is 631 g/mol. The van der Waals surface area contributed by atoms with Gasteiger partial charge in [-0.05, 0) is 65.1 Å². The van der Waals surface area contributed by atoms with E-state index >= 15 is 0 Å². The van der Waals surface area contributed by atoms with E-state index < -0.39 is 0 Å². The summed E-state index contributed by atoms with van der Waals surface area (Å²) in [6.07, 6.45) is 6.53. The lowest BCUT2D eigenvalue weighted by Gasteiger charge is -1.98. The van der Waals surface area contributed by atoms with Gasteiger partial charge in [0.25, 0.3) is 0 Å². The molecule has 0 amide bonds.